The Balaban J connectivity index is 1.96. The van der Waals surface area contributed by atoms with Crippen molar-refractivity contribution in [2.75, 3.05) is 18.5 Å². The number of benzene rings is 2. The number of anilines is 1. The first-order chi connectivity index (χ1) is 12.7. The van der Waals surface area contributed by atoms with Gasteiger partial charge in [0.2, 0.25) is 0 Å². The van der Waals surface area contributed by atoms with Crippen LogP contribution in [0.4, 0.5) is 5.69 Å². The third kappa shape index (κ3) is 5.80. The number of carbonyl (C=O) groups is 1. The van der Waals surface area contributed by atoms with E-state index in [1.807, 2.05) is 42.5 Å². The van der Waals surface area contributed by atoms with Gasteiger partial charge in [-0.2, -0.15) is 0 Å². The molecule has 0 aliphatic carbocycles. The van der Waals surface area contributed by atoms with Crippen LogP contribution in [0.15, 0.2) is 48.5 Å². The van der Waals surface area contributed by atoms with E-state index in [4.69, 9.17) is 9.47 Å². The highest BCUT2D eigenvalue weighted by Crippen LogP contribution is 2.28. The molecule has 0 saturated carbocycles. The van der Waals surface area contributed by atoms with E-state index in [9.17, 15) is 4.79 Å². The van der Waals surface area contributed by atoms with Crippen molar-refractivity contribution in [3.63, 3.8) is 0 Å². The molecule has 4 heteroatoms. The SMILES string of the molecule is CCCCOc1ccccc1NC(=O)COc1ccccc1C(C)CC. The molecule has 0 saturated heterocycles. The average molecular weight is 355 g/mol. The van der Waals surface area contributed by atoms with Crippen LogP contribution in [-0.2, 0) is 4.79 Å². The fourth-order valence-electron chi connectivity index (χ4n) is 2.59. The zero-order chi connectivity index (χ0) is 18.8. The predicted octanol–water partition coefficient (Wildman–Crippen LogP) is 5.40. The summed E-state index contributed by atoms with van der Waals surface area (Å²) in [5.74, 6) is 1.65. The van der Waals surface area contributed by atoms with Crippen LogP contribution < -0.4 is 14.8 Å². The van der Waals surface area contributed by atoms with Gasteiger partial charge in [0.05, 0.1) is 12.3 Å². The lowest BCUT2D eigenvalue weighted by atomic mass is 9.98. The van der Waals surface area contributed by atoms with Crippen LogP contribution in [0.3, 0.4) is 0 Å². The van der Waals surface area contributed by atoms with Crippen LogP contribution >= 0.6 is 0 Å². The van der Waals surface area contributed by atoms with Crippen LogP contribution in [0, 0.1) is 0 Å². The second kappa shape index (κ2) is 10.5. The summed E-state index contributed by atoms with van der Waals surface area (Å²) < 4.78 is 11.5. The highest BCUT2D eigenvalue weighted by Gasteiger charge is 2.12. The monoisotopic (exact) mass is 355 g/mol. The highest BCUT2D eigenvalue weighted by molar-refractivity contribution is 5.93. The average Bonchev–Trinajstić information content (AvgIpc) is 2.67. The van der Waals surface area contributed by atoms with Gasteiger partial charge < -0.3 is 14.8 Å². The molecule has 0 fully saturated rings. The maximum atomic E-state index is 12.3. The summed E-state index contributed by atoms with van der Waals surface area (Å²) in [6.07, 6.45) is 3.07. The van der Waals surface area contributed by atoms with Crippen molar-refractivity contribution in [3.8, 4) is 11.5 Å². The summed E-state index contributed by atoms with van der Waals surface area (Å²) in [4.78, 5) is 12.3. The lowest BCUT2D eigenvalue weighted by molar-refractivity contribution is -0.118. The van der Waals surface area contributed by atoms with Gasteiger partial charge >= 0.3 is 0 Å². The number of carbonyl (C=O) groups excluding carboxylic acids is 1. The van der Waals surface area contributed by atoms with Crippen LogP contribution in [0.2, 0.25) is 0 Å². The second-order valence-electron chi connectivity index (χ2n) is 6.38. The first-order valence-corrected chi connectivity index (χ1v) is 9.39. The molecule has 0 radical (unpaired) electrons. The molecule has 1 N–H and O–H groups in total. The number of ether oxygens (including phenoxy) is 2. The Morgan fingerprint density at radius 2 is 1.69 bits per heavy atom. The largest absolute Gasteiger partial charge is 0.491 e. The Kier molecular flexibility index (Phi) is 8.00. The molecule has 0 aromatic heterocycles. The molecule has 1 amide bonds. The minimum atomic E-state index is -0.199. The van der Waals surface area contributed by atoms with Crippen molar-refractivity contribution in [3.05, 3.63) is 54.1 Å². The molecule has 2 aromatic rings. The van der Waals surface area contributed by atoms with Crippen molar-refractivity contribution in [1.29, 1.82) is 0 Å². The van der Waals surface area contributed by atoms with E-state index in [1.54, 1.807) is 0 Å². The number of amides is 1. The molecular weight excluding hydrogens is 326 g/mol. The van der Waals surface area contributed by atoms with E-state index in [2.05, 4.69) is 32.2 Å². The van der Waals surface area contributed by atoms with E-state index in [1.165, 1.54) is 0 Å². The third-order valence-corrected chi connectivity index (χ3v) is 4.34. The van der Waals surface area contributed by atoms with Gasteiger partial charge in [0, 0.05) is 0 Å². The molecule has 0 heterocycles. The number of nitrogens with one attached hydrogen (secondary N) is 1. The first-order valence-electron chi connectivity index (χ1n) is 9.39. The predicted molar refractivity (Wildman–Crippen MR) is 106 cm³/mol. The summed E-state index contributed by atoms with van der Waals surface area (Å²) in [5.41, 5.74) is 1.80. The van der Waals surface area contributed by atoms with Crippen LogP contribution in [0.5, 0.6) is 11.5 Å². The number of unbranched alkanes of at least 4 members (excludes halogenated alkanes) is 1. The number of para-hydroxylation sites is 3. The van der Waals surface area contributed by atoms with Gasteiger partial charge in [-0.1, -0.05) is 57.5 Å². The van der Waals surface area contributed by atoms with Crippen molar-refractivity contribution < 1.29 is 14.3 Å². The van der Waals surface area contributed by atoms with E-state index in [-0.39, 0.29) is 12.5 Å². The molecule has 1 unspecified atom stereocenters. The molecule has 0 bridgehead atoms. The molecule has 26 heavy (non-hydrogen) atoms. The zero-order valence-corrected chi connectivity index (χ0v) is 16.0. The third-order valence-electron chi connectivity index (χ3n) is 4.34. The summed E-state index contributed by atoms with van der Waals surface area (Å²) in [7, 11) is 0. The zero-order valence-electron chi connectivity index (χ0n) is 16.0. The molecular formula is C22H29NO3. The summed E-state index contributed by atoms with van der Waals surface area (Å²) >= 11 is 0. The molecule has 0 aliphatic rings. The Morgan fingerprint density at radius 1 is 1.00 bits per heavy atom. The molecule has 140 valence electrons. The van der Waals surface area contributed by atoms with Gasteiger partial charge in [0.1, 0.15) is 11.5 Å². The van der Waals surface area contributed by atoms with Crippen molar-refractivity contribution in [2.45, 2.75) is 46.0 Å². The van der Waals surface area contributed by atoms with Gasteiger partial charge in [0.15, 0.2) is 6.61 Å². The smallest absolute Gasteiger partial charge is 0.262 e. The molecule has 2 rings (SSSR count). The van der Waals surface area contributed by atoms with E-state index < -0.39 is 0 Å². The molecule has 1 atom stereocenters. The maximum absolute atomic E-state index is 12.3. The van der Waals surface area contributed by atoms with Crippen molar-refractivity contribution >= 4 is 11.6 Å². The minimum Gasteiger partial charge on any atom is -0.491 e. The number of hydrogen-bond acceptors (Lipinski definition) is 3. The number of rotatable bonds is 10. The van der Waals surface area contributed by atoms with Crippen molar-refractivity contribution in [2.24, 2.45) is 0 Å². The molecule has 0 aliphatic heterocycles. The Hall–Kier alpha value is -2.49. The first kappa shape index (κ1) is 19.8. The fraction of sp³-hybridized carbons (Fsp3) is 0.409. The van der Waals surface area contributed by atoms with E-state index in [0.717, 1.165) is 30.6 Å². The van der Waals surface area contributed by atoms with Crippen molar-refractivity contribution in [1.82, 2.24) is 0 Å². The van der Waals surface area contributed by atoms with Gasteiger partial charge in [-0.25, -0.2) is 0 Å². The summed E-state index contributed by atoms with van der Waals surface area (Å²) in [6.45, 7) is 7.03. The Labute approximate surface area is 156 Å². The lowest BCUT2D eigenvalue weighted by Gasteiger charge is -2.16. The summed E-state index contributed by atoms with van der Waals surface area (Å²) in [5, 5.41) is 2.88. The quantitative estimate of drug-likeness (QED) is 0.581. The van der Waals surface area contributed by atoms with E-state index in [0.29, 0.717) is 24.0 Å². The van der Waals surface area contributed by atoms with Gasteiger partial charge in [-0.05, 0) is 42.5 Å². The summed E-state index contributed by atoms with van der Waals surface area (Å²) in [6, 6.07) is 15.4. The van der Waals surface area contributed by atoms with Gasteiger partial charge in [-0.15, -0.1) is 0 Å². The second-order valence-corrected chi connectivity index (χ2v) is 6.38. The lowest BCUT2D eigenvalue weighted by Crippen LogP contribution is -2.21. The Bertz CT molecular complexity index is 699. The molecule has 0 spiro atoms. The molecule has 4 nitrogen and oxygen atoms in total. The van der Waals surface area contributed by atoms with E-state index >= 15 is 0 Å². The number of hydrogen-bond donors (Lipinski definition) is 1. The topological polar surface area (TPSA) is 47.6 Å². The standard InChI is InChI=1S/C22H29NO3/c1-4-6-15-25-21-14-10-8-12-19(21)23-22(24)16-26-20-13-9-7-11-18(20)17(3)5-2/h7-14,17H,4-6,15-16H2,1-3H3,(H,23,24). The normalized spacial score (nSPS) is 11.7. The fourth-order valence-corrected chi connectivity index (χ4v) is 2.59. The Morgan fingerprint density at radius 3 is 2.42 bits per heavy atom. The molecule has 2 aromatic carbocycles. The van der Waals surface area contributed by atoms with Gasteiger partial charge in [0.25, 0.3) is 5.91 Å². The minimum absolute atomic E-state index is 0.0310. The maximum Gasteiger partial charge on any atom is 0.262 e. The highest BCUT2D eigenvalue weighted by atomic mass is 16.5. The van der Waals surface area contributed by atoms with Crippen LogP contribution in [0.25, 0.3) is 0 Å². The van der Waals surface area contributed by atoms with Crippen LogP contribution in [0.1, 0.15) is 51.5 Å². The van der Waals surface area contributed by atoms with Gasteiger partial charge in [-0.3, -0.25) is 4.79 Å². The van der Waals surface area contributed by atoms with Crippen LogP contribution in [-0.4, -0.2) is 19.1 Å².